The van der Waals surface area contributed by atoms with Crippen LogP contribution in [0.3, 0.4) is 0 Å². The molecule has 1 N–H and O–H groups in total. The predicted octanol–water partition coefficient (Wildman–Crippen LogP) is 4.31. The quantitative estimate of drug-likeness (QED) is 0.634. The van der Waals surface area contributed by atoms with E-state index in [4.69, 9.17) is 4.98 Å². The van der Waals surface area contributed by atoms with Gasteiger partial charge in [-0.1, -0.05) is 25.2 Å². The molecule has 0 spiro atoms. The molecule has 6 nitrogen and oxygen atoms in total. The predicted molar refractivity (Wildman–Crippen MR) is 119 cm³/mol. The number of nitrogens with one attached hydrogen (secondary N) is 1. The van der Waals surface area contributed by atoms with Crippen LogP contribution in [0.2, 0.25) is 0 Å². The van der Waals surface area contributed by atoms with Crippen LogP contribution in [0.25, 0.3) is 16.0 Å². The van der Waals surface area contributed by atoms with Gasteiger partial charge < -0.3 is 10.2 Å². The van der Waals surface area contributed by atoms with E-state index < -0.39 is 0 Å². The second-order valence-corrected chi connectivity index (χ2v) is 9.36. The van der Waals surface area contributed by atoms with E-state index in [0.29, 0.717) is 12.5 Å². The number of hydrogen-bond acceptors (Lipinski definition) is 5. The zero-order chi connectivity index (χ0) is 21.3. The molecule has 0 unspecified atom stereocenters. The number of hydrogen-bond donors (Lipinski definition) is 1. The van der Waals surface area contributed by atoms with E-state index in [0.717, 1.165) is 59.2 Å². The summed E-state index contributed by atoms with van der Waals surface area (Å²) in [6.45, 7) is 8.61. The number of carbonyl (C=O) groups excluding carboxylic acids is 1. The molecule has 4 rings (SSSR count). The van der Waals surface area contributed by atoms with Crippen molar-refractivity contribution in [3.63, 3.8) is 0 Å². The molecule has 30 heavy (non-hydrogen) atoms. The number of benzene rings is 1. The summed E-state index contributed by atoms with van der Waals surface area (Å²) in [5, 5.41) is 8.60. The van der Waals surface area contributed by atoms with Gasteiger partial charge in [0.2, 0.25) is 5.91 Å². The van der Waals surface area contributed by atoms with Crippen molar-refractivity contribution in [2.45, 2.75) is 40.0 Å². The molecule has 0 radical (unpaired) electrons. The van der Waals surface area contributed by atoms with Crippen LogP contribution in [0.5, 0.6) is 0 Å². The standard InChI is InChI=1S/C22H28FN5OS/c1-14(2)10-11-24-21(29)16-5-4-12-27(13-16)22-25-20-19(30-22)15(3)26-28(20)18-8-6-17(23)7-9-18/h6-9,14,16H,4-5,10-13H2,1-3H3,(H,24,29)/t16-/m1/s1. The normalized spacial score (nSPS) is 17.1. The van der Waals surface area contributed by atoms with Gasteiger partial charge in [0, 0.05) is 19.6 Å². The SMILES string of the molecule is Cc1nn(-c2ccc(F)cc2)c2nc(N3CCC[C@@H](C(=O)NCCC(C)C)C3)sc12. The van der Waals surface area contributed by atoms with Crippen molar-refractivity contribution in [3.05, 3.63) is 35.8 Å². The topological polar surface area (TPSA) is 63.1 Å². The molecule has 3 aromatic rings. The van der Waals surface area contributed by atoms with Gasteiger partial charge in [-0.15, -0.1) is 0 Å². The molecular formula is C22H28FN5OS. The molecule has 1 saturated heterocycles. The summed E-state index contributed by atoms with van der Waals surface area (Å²) in [7, 11) is 0. The van der Waals surface area contributed by atoms with Crippen molar-refractivity contribution in [2.75, 3.05) is 24.5 Å². The van der Waals surface area contributed by atoms with Gasteiger partial charge in [-0.2, -0.15) is 10.1 Å². The number of aryl methyl sites for hydroxylation is 1. The van der Waals surface area contributed by atoms with Gasteiger partial charge in [0.05, 0.1) is 22.0 Å². The molecule has 1 amide bonds. The molecule has 1 fully saturated rings. The van der Waals surface area contributed by atoms with Gasteiger partial charge >= 0.3 is 0 Å². The minimum absolute atomic E-state index is 0.00683. The molecule has 2 aromatic heterocycles. The molecule has 0 bridgehead atoms. The highest BCUT2D eigenvalue weighted by Gasteiger charge is 2.28. The zero-order valence-electron chi connectivity index (χ0n) is 17.7. The number of thiazole rings is 1. The molecule has 1 aromatic carbocycles. The maximum absolute atomic E-state index is 13.3. The lowest BCUT2D eigenvalue weighted by Gasteiger charge is -2.31. The number of fused-ring (bicyclic) bond motifs is 1. The van der Waals surface area contributed by atoms with Crippen molar-refractivity contribution in [3.8, 4) is 5.69 Å². The van der Waals surface area contributed by atoms with Gasteiger partial charge in [0.15, 0.2) is 10.8 Å². The van der Waals surface area contributed by atoms with Crippen molar-refractivity contribution >= 4 is 32.7 Å². The third kappa shape index (κ3) is 4.33. The van der Waals surface area contributed by atoms with Gasteiger partial charge in [-0.3, -0.25) is 4.79 Å². The fourth-order valence-corrected chi connectivity index (χ4v) is 4.84. The summed E-state index contributed by atoms with van der Waals surface area (Å²) in [4.78, 5) is 19.7. The summed E-state index contributed by atoms with van der Waals surface area (Å²) < 4.78 is 16.1. The molecular weight excluding hydrogens is 401 g/mol. The van der Waals surface area contributed by atoms with Gasteiger partial charge in [0.25, 0.3) is 0 Å². The largest absolute Gasteiger partial charge is 0.356 e. The van der Waals surface area contributed by atoms with E-state index >= 15 is 0 Å². The Morgan fingerprint density at radius 2 is 2.10 bits per heavy atom. The number of aromatic nitrogens is 3. The lowest BCUT2D eigenvalue weighted by molar-refractivity contribution is -0.125. The molecule has 3 heterocycles. The number of amides is 1. The van der Waals surface area contributed by atoms with Gasteiger partial charge in [-0.25, -0.2) is 9.07 Å². The summed E-state index contributed by atoms with van der Waals surface area (Å²) in [6, 6.07) is 6.27. The molecule has 0 saturated carbocycles. The van der Waals surface area contributed by atoms with Crippen LogP contribution < -0.4 is 10.2 Å². The average Bonchev–Trinajstić information content (AvgIpc) is 3.29. The third-order valence-corrected chi connectivity index (χ3v) is 6.75. The summed E-state index contributed by atoms with van der Waals surface area (Å²) in [5.41, 5.74) is 2.47. The average molecular weight is 430 g/mol. The van der Waals surface area contributed by atoms with Crippen LogP contribution in [0.1, 0.15) is 38.8 Å². The third-order valence-electron chi connectivity index (χ3n) is 5.53. The first kappa shape index (κ1) is 20.8. The van der Waals surface area contributed by atoms with E-state index in [1.165, 1.54) is 12.1 Å². The smallest absolute Gasteiger partial charge is 0.224 e. The van der Waals surface area contributed by atoms with Crippen LogP contribution in [0.4, 0.5) is 9.52 Å². The Kier molecular flexibility index (Phi) is 6.04. The summed E-state index contributed by atoms with van der Waals surface area (Å²) in [5.74, 6) is 0.450. The van der Waals surface area contributed by atoms with E-state index in [1.807, 2.05) is 6.92 Å². The Morgan fingerprint density at radius 3 is 2.83 bits per heavy atom. The number of carbonyl (C=O) groups is 1. The highest BCUT2D eigenvalue weighted by atomic mass is 32.1. The summed E-state index contributed by atoms with van der Waals surface area (Å²) >= 11 is 1.61. The summed E-state index contributed by atoms with van der Waals surface area (Å²) in [6.07, 6.45) is 2.89. The Bertz CT molecular complexity index is 1030. The minimum atomic E-state index is -0.274. The van der Waals surface area contributed by atoms with Crippen LogP contribution >= 0.6 is 11.3 Å². The molecule has 1 aliphatic rings. The van der Waals surface area contributed by atoms with Crippen molar-refractivity contribution in [1.82, 2.24) is 20.1 Å². The van der Waals surface area contributed by atoms with E-state index in [2.05, 4.69) is 29.2 Å². The van der Waals surface area contributed by atoms with E-state index in [-0.39, 0.29) is 17.6 Å². The van der Waals surface area contributed by atoms with Crippen molar-refractivity contribution in [1.29, 1.82) is 0 Å². The minimum Gasteiger partial charge on any atom is -0.356 e. The van der Waals surface area contributed by atoms with E-state index in [1.54, 1.807) is 28.2 Å². The second-order valence-electron chi connectivity index (χ2n) is 8.38. The monoisotopic (exact) mass is 429 g/mol. The maximum atomic E-state index is 13.3. The Balaban J connectivity index is 1.52. The molecule has 8 heteroatoms. The number of piperidine rings is 1. The van der Waals surface area contributed by atoms with Crippen LogP contribution in [-0.4, -0.2) is 40.3 Å². The number of anilines is 1. The fourth-order valence-electron chi connectivity index (χ4n) is 3.81. The second kappa shape index (κ2) is 8.71. The van der Waals surface area contributed by atoms with Gasteiger partial charge in [-0.05, 0) is 56.4 Å². The molecule has 1 atom stereocenters. The van der Waals surface area contributed by atoms with Gasteiger partial charge in [0.1, 0.15) is 5.82 Å². The highest BCUT2D eigenvalue weighted by Crippen LogP contribution is 2.34. The fraction of sp³-hybridized carbons (Fsp3) is 0.500. The van der Waals surface area contributed by atoms with Crippen LogP contribution in [0, 0.1) is 24.6 Å². The maximum Gasteiger partial charge on any atom is 0.224 e. The Labute approximate surface area is 180 Å². The first-order valence-corrected chi connectivity index (χ1v) is 11.4. The van der Waals surface area contributed by atoms with Crippen molar-refractivity contribution < 1.29 is 9.18 Å². The molecule has 1 aliphatic heterocycles. The first-order chi connectivity index (χ1) is 14.4. The number of rotatable bonds is 6. The van der Waals surface area contributed by atoms with Crippen molar-refractivity contribution in [2.24, 2.45) is 11.8 Å². The lowest BCUT2D eigenvalue weighted by Crippen LogP contribution is -2.43. The van der Waals surface area contributed by atoms with Crippen LogP contribution in [-0.2, 0) is 4.79 Å². The number of nitrogens with zero attached hydrogens (tertiary/aromatic N) is 4. The highest BCUT2D eigenvalue weighted by molar-refractivity contribution is 7.22. The Morgan fingerprint density at radius 1 is 1.33 bits per heavy atom. The zero-order valence-corrected chi connectivity index (χ0v) is 18.5. The van der Waals surface area contributed by atoms with Crippen LogP contribution in [0.15, 0.2) is 24.3 Å². The van der Waals surface area contributed by atoms with E-state index in [9.17, 15) is 9.18 Å². The Hall–Kier alpha value is -2.48. The first-order valence-electron chi connectivity index (χ1n) is 10.6. The lowest BCUT2D eigenvalue weighted by atomic mass is 9.97. The number of halogens is 1. The molecule has 160 valence electrons. The molecule has 0 aliphatic carbocycles.